The topological polar surface area (TPSA) is 64.9 Å². The van der Waals surface area contributed by atoms with Crippen LogP contribution in [0.25, 0.3) is 0 Å². The average molecular weight is 217 g/mol. The Labute approximate surface area is 92.4 Å². The van der Waals surface area contributed by atoms with Crippen molar-refractivity contribution in [3.8, 4) is 5.75 Å². The van der Waals surface area contributed by atoms with E-state index < -0.39 is 0 Å². The van der Waals surface area contributed by atoms with Crippen LogP contribution in [0.1, 0.15) is 0 Å². The number of benzene rings is 1. The summed E-state index contributed by atoms with van der Waals surface area (Å²) in [5, 5.41) is 18.3. The zero-order chi connectivity index (χ0) is 11.1. The van der Waals surface area contributed by atoms with E-state index in [4.69, 9.17) is 0 Å². The van der Waals surface area contributed by atoms with Crippen molar-refractivity contribution < 1.29 is 9.90 Å². The molecule has 1 saturated heterocycles. The highest BCUT2D eigenvalue weighted by Gasteiger charge is 2.39. The SMILES string of the molecule is O=C1C2CNCC2=NN1c1ccccc1O. The third-order valence-corrected chi connectivity index (χ3v) is 2.90. The number of hydrogen-bond acceptors (Lipinski definition) is 4. The summed E-state index contributed by atoms with van der Waals surface area (Å²) in [7, 11) is 0. The molecule has 5 nitrogen and oxygen atoms in total. The van der Waals surface area contributed by atoms with Gasteiger partial charge in [-0.1, -0.05) is 12.1 Å². The third kappa shape index (κ3) is 1.22. The van der Waals surface area contributed by atoms with Gasteiger partial charge in [0.1, 0.15) is 11.4 Å². The number of rotatable bonds is 1. The molecule has 0 aliphatic carbocycles. The zero-order valence-corrected chi connectivity index (χ0v) is 8.55. The second-order valence-corrected chi connectivity index (χ2v) is 3.91. The number of carbonyl (C=O) groups excluding carboxylic acids is 1. The van der Waals surface area contributed by atoms with Gasteiger partial charge in [-0.15, -0.1) is 0 Å². The highest BCUT2D eigenvalue weighted by molar-refractivity contribution is 6.17. The Kier molecular flexibility index (Phi) is 1.94. The lowest BCUT2D eigenvalue weighted by Crippen LogP contribution is -2.29. The van der Waals surface area contributed by atoms with Crippen molar-refractivity contribution in [1.29, 1.82) is 0 Å². The molecule has 3 rings (SSSR count). The summed E-state index contributed by atoms with van der Waals surface area (Å²) in [6.07, 6.45) is 0. The van der Waals surface area contributed by atoms with Gasteiger partial charge in [0.25, 0.3) is 5.91 Å². The second kappa shape index (κ2) is 3.31. The number of phenols is 1. The summed E-state index contributed by atoms with van der Waals surface area (Å²) in [6, 6.07) is 6.73. The number of para-hydroxylation sites is 2. The molecule has 1 atom stereocenters. The van der Waals surface area contributed by atoms with Crippen LogP contribution in [0.5, 0.6) is 5.75 Å². The molecular formula is C11H11N3O2. The first-order chi connectivity index (χ1) is 7.77. The Morgan fingerprint density at radius 1 is 1.44 bits per heavy atom. The number of hydrogen-bond donors (Lipinski definition) is 2. The van der Waals surface area contributed by atoms with E-state index in [2.05, 4.69) is 10.4 Å². The summed E-state index contributed by atoms with van der Waals surface area (Å²) < 4.78 is 0. The van der Waals surface area contributed by atoms with Crippen LogP contribution in [-0.2, 0) is 4.79 Å². The lowest BCUT2D eigenvalue weighted by atomic mass is 10.1. The molecule has 0 bridgehead atoms. The Balaban J connectivity index is 2.01. The average Bonchev–Trinajstić information content (AvgIpc) is 2.83. The van der Waals surface area contributed by atoms with Crippen LogP contribution in [-0.4, -0.2) is 29.8 Å². The van der Waals surface area contributed by atoms with E-state index >= 15 is 0 Å². The maximum Gasteiger partial charge on any atom is 0.257 e. The molecular weight excluding hydrogens is 206 g/mol. The lowest BCUT2D eigenvalue weighted by Gasteiger charge is -2.14. The highest BCUT2D eigenvalue weighted by atomic mass is 16.3. The van der Waals surface area contributed by atoms with Crippen molar-refractivity contribution in [1.82, 2.24) is 5.32 Å². The van der Waals surface area contributed by atoms with Crippen molar-refractivity contribution in [2.24, 2.45) is 11.0 Å². The predicted molar refractivity (Wildman–Crippen MR) is 59.4 cm³/mol. The smallest absolute Gasteiger partial charge is 0.257 e. The summed E-state index contributed by atoms with van der Waals surface area (Å²) in [6.45, 7) is 1.29. The van der Waals surface area contributed by atoms with Crippen LogP contribution in [0.2, 0.25) is 0 Å². The van der Waals surface area contributed by atoms with E-state index in [1.165, 1.54) is 5.01 Å². The van der Waals surface area contributed by atoms with Gasteiger partial charge in [-0.3, -0.25) is 4.79 Å². The Morgan fingerprint density at radius 2 is 2.25 bits per heavy atom. The van der Waals surface area contributed by atoms with Gasteiger partial charge in [-0.2, -0.15) is 10.1 Å². The molecule has 2 N–H and O–H groups in total. The number of nitrogens with one attached hydrogen (secondary N) is 1. The maximum absolute atomic E-state index is 12.0. The standard InChI is InChI=1S/C11H11N3O2/c15-10-4-2-1-3-9(10)14-11(16)7-5-12-6-8(7)13-14/h1-4,7,12,15H,5-6H2. The number of carbonyl (C=O) groups is 1. The number of nitrogens with zero attached hydrogens (tertiary/aromatic N) is 2. The molecule has 2 heterocycles. The minimum absolute atomic E-state index is 0.0681. The Morgan fingerprint density at radius 3 is 3.00 bits per heavy atom. The first kappa shape index (κ1) is 9.35. The zero-order valence-electron chi connectivity index (χ0n) is 8.55. The van der Waals surface area contributed by atoms with Crippen LogP contribution in [0.15, 0.2) is 29.4 Å². The summed E-state index contributed by atoms with van der Waals surface area (Å²) in [5.74, 6) is -0.144. The fourth-order valence-corrected chi connectivity index (χ4v) is 2.06. The summed E-state index contributed by atoms with van der Waals surface area (Å²) in [4.78, 5) is 12.0. The summed E-state index contributed by atoms with van der Waals surface area (Å²) in [5.41, 5.74) is 1.31. The predicted octanol–water partition coefficient (Wildman–Crippen LogP) is 0.314. The van der Waals surface area contributed by atoms with Gasteiger partial charge in [0, 0.05) is 13.1 Å². The van der Waals surface area contributed by atoms with Gasteiger partial charge in [0.2, 0.25) is 0 Å². The molecule has 2 aliphatic rings. The van der Waals surface area contributed by atoms with E-state index in [1.54, 1.807) is 24.3 Å². The van der Waals surface area contributed by atoms with Gasteiger partial charge in [0.05, 0.1) is 11.6 Å². The van der Waals surface area contributed by atoms with Gasteiger partial charge in [0.15, 0.2) is 0 Å². The van der Waals surface area contributed by atoms with Crippen molar-refractivity contribution in [3.63, 3.8) is 0 Å². The van der Waals surface area contributed by atoms with Crippen LogP contribution in [0.3, 0.4) is 0 Å². The fraction of sp³-hybridized carbons (Fsp3) is 0.273. The van der Waals surface area contributed by atoms with Crippen LogP contribution in [0, 0.1) is 5.92 Å². The van der Waals surface area contributed by atoms with Crippen LogP contribution in [0.4, 0.5) is 5.69 Å². The van der Waals surface area contributed by atoms with E-state index in [0.29, 0.717) is 18.8 Å². The summed E-state index contributed by atoms with van der Waals surface area (Å²) >= 11 is 0. The Bertz CT molecular complexity index is 484. The quantitative estimate of drug-likeness (QED) is 0.711. The molecule has 1 amide bonds. The molecule has 0 spiro atoms. The van der Waals surface area contributed by atoms with Crippen molar-refractivity contribution in [2.45, 2.75) is 0 Å². The minimum Gasteiger partial charge on any atom is -0.506 e. The van der Waals surface area contributed by atoms with E-state index in [1.807, 2.05) is 0 Å². The van der Waals surface area contributed by atoms with Gasteiger partial charge < -0.3 is 10.4 Å². The molecule has 1 fully saturated rings. The largest absolute Gasteiger partial charge is 0.506 e. The number of hydrazone groups is 1. The van der Waals surface area contributed by atoms with Gasteiger partial charge >= 0.3 is 0 Å². The first-order valence-corrected chi connectivity index (χ1v) is 5.17. The highest BCUT2D eigenvalue weighted by Crippen LogP contribution is 2.31. The molecule has 5 heteroatoms. The number of amides is 1. The number of fused-ring (bicyclic) bond motifs is 1. The molecule has 0 aromatic heterocycles. The first-order valence-electron chi connectivity index (χ1n) is 5.17. The van der Waals surface area contributed by atoms with E-state index in [-0.39, 0.29) is 17.6 Å². The molecule has 16 heavy (non-hydrogen) atoms. The number of anilines is 1. The van der Waals surface area contributed by atoms with Crippen LogP contribution < -0.4 is 10.3 Å². The molecule has 1 aromatic rings. The lowest BCUT2D eigenvalue weighted by molar-refractivity contribution is -0.119. The molecule has 2 aliphatic heterocycles. The fourth-order valence-electron chi connectivity index (χ4n) is 2.06. The van der Waals surface area contributed by atoms with E-state index in [9.17, 15) is 9.90 Å². The minimum atomic E-state index is -0.153. The van der Waals surface area contributed by atoms with Crippen molar-refractivity contribution >= 4 is 17.3 Å². The molecule has 1 aromatic carbocycles. The monoisotopic (exact) mass is 217 g/mol. The van der Waals surface area contributed by atoms with E-state index in [0.717, 1.165) is 5.71 Å². The molecule has 0 saturated carbocycles. The second-order valence-electron chi connectivity index (χ2n) is 3.91. The molecule has 0 radical (unpaired) electrons. The maximum atomic E-state index is 12.0. The van der Waals surface area contributed by atoms with Gasteiger partial charge in [-0.25, -0.2) is 0 Å². The van der Waals surface area contributed by atoms with Crippen molar-refractivity contribution in [2.75, 3.05) is 18.1 Å². The third-order valence-electron chi connectivity index (χ3n) is 2.90. The van der Waals surface area contributed by atoms with Gasteiger partial charge in [-0.05, 0) is 12.1 Å². The number of phenolic OH excluding ortho intramolecular Hbond substituents is 1. The van der Waals surface area contributed by atoms with Crippen molar-refractivity contribution in [3.05, 3.63) is 24.3 Å². The number of aromatic hydroxyl groups is 1. The normalized spacial score (nSPS) is 23.5. The molecule has 1 unspecified atom stereocenters. The molecule has 82 valence electrons. The Hall–Kier alpha value is -1.88. The van der Waals surface area contributed by atoms with Crippen LogP contribution >= 0.6 is 0 Å².